The maximum Gasteiger partial charge on any atom is 0.250 e. The predicted octanol–water partition coefficient (Wildman–Crippen LogP) is 4.29. The zero-order valence-electron chi connectivity index (χ0n) is 9.36. The van der Waals surface area contributed by atoms with Crippen molar-refractivity contribution in [2.75, 3.05) is 0 Å². The van der Waals surface area contributed by atoms with Gasteiger partial charge in [-0.3, -0.25) is 4.79 Å². The summed E-state index contributed by atoms with van der Waals surface area (Å²) in [6.45, 7) is 0. The molecule has 0 spiro atoms. The Kier molecular flexibility index (Phi) is 4.58. The van der Waals surface area contributed by atoms with Crippen LogP contribution in [0.2, 0.25) is 15.1 Å². The molecule has 1 amide bonds. The number of halogens is 3. The predicted molar refractivity (Wildman–Crippen MR) is 78.3 cm³/mol. The van der Waals surface area contributed by atoms with Gasteiger partial charge in [0.15, 0.2) is 0 Å². The zero-order chi connectivity index (χ0) is 14.0. The number of primary amides is 1. The van der Waals surface area contributed by atoms with Crippen molar-refractivity contribution in [2.45, 2.75) is 9.92 Å². The van der Waals surface area contributed by atoms with E-state index in [4.69, 9.17) is 40.5 Å². The second-order valence-corrected chi connectivity index (χ2v) is 5.75. The van der Waals surface area contributed by atoms with Gasteiger partial charge in [0.1, 0.15) is 5.03 Å². The molecule has 2 rings (SSSR count). The molecule has 2 N–H and O–H groups in total. The van der Waals surface area contributed by atoms with E-state index in [1.54, 1.807) is 18.2 Å². The van der Waals surface area contributed by atoms with Gasteiger partial charge in [0.05, 0.1) is 25.5 Å². The van der Waals surface area contributed by atoms with Crippen molar-refractivity contribution < 1.29 is 4.79 Å². The number of nitrogens with two attached hydrogens (primary N) is 1. The first-order valence-corrected chi connectivity index (χ1v) is 7.01. The number of carbonyl (C=O) groups is 1. The third kappa shape index (κ3) is 3.34. The number of rotatable bonds is 3. The molecule has 0 radical (unpaired) electrons. The summed E-state index contributed by atoms with van der Waals surface area (Å²) in [6, 6.07) is 6.66. The molecule has 1 aromatic carbocycles. The van der Waals surface area contributed by atoms with Crippen molar-refractivity contribution >= 4 is 52.5 Å². The van der Waals surface area contributed by atoms with Crippen molar-refractivity contribution in [2.24, 2.45) is 5.73 Å². The fraction of sp³-hybridized carbons (Fsp3) is 0. The van der Waals surface area contributed by atoms with Crippen molar-refractivity contribution in [1.82, 2.24) is 4.98 Å². The quantitative estimate of drug-likeness (QED) is 0.911. The Morgan fingerprint density at radius 1 is 1.16 bits per heavy atom. The highest BCUT2D eigenvalue weighted by Gasteiger charge is 2.12. The molecule has 0 aliphatic heterocycles. The molecule has 0 saturated heterocycles. The summed E-state index contributed by atoms with van der Waals surface area (Å²) in [7, 11) is 0. The van der Waals surface area contributed by atoms with Crippen molar-refractivity contribution in [3.05, 3.63) is 51.1 Å². The first kappa shape index (κ1) is 14.5. The molecule has 19 heavy (non-hydrogen) atoms. The van der Waals surface area contributed by atoms with E-state index in [0.29, 0.717) is 25.0 Å². The Hall–Kier alpha value is -0.940. The minimum atomic E-state index is -0.582. The van der Waals surface area contributed by atoms with Gasteiger partial charge < -0.3 is 5.73 Å². The summed E-state index contributed by atoms with van der Waals surface area (Å²) in [5.41, 5.74) is 5.40. The van der Waals surface area contributed by atoms with Crippen LogP contribution in [0.3, 0.4) is 0 Å². The number of benzene rings is 1. The van der Waals surface area contributed by atoms with E-state index in [-0.39, 0.29) is 5.56 Å². The topological polar surface area (TPSA) is 56.0 Å². The molecule has 2 aromatic rings. The van der Waals surface area contributed by atoms with Gasteiger partial charge in [-0.2, -0.15) is 0 Å². The van der Waals surface area contributed by atoms with Crippen LogP contribution in [0.1, 0.15) is 10.4 Å². The highest BCUT2D eigenvalue weighted by molar-refractivity contribution is 7.99. The van der Waals surface area contributed by atoms with Crippen LogP contribution in [-0.4, -0.2) is 10.9 Å². The van der Waals surface area contributed by atoms with E-state index in [1.165, 1.54) is 24.0 Å². The largest absolute Gasteiger partial charge is 0.366 e. The fourth-order valence-corrected chi connectivity index (χ4v) is 3.01. The maximum atomic E-state index is 11.0. The molecule has 1 heterocycles. The monoisotopic (exact) mass is 332 g/mol. The average molecular weight is 334 g/mol. The number of hydrogen-bond donors (Lipinski definition) is 1. The molecule has 0 fully saturated rings. The summed E-state index contributed by atoms with van der Waals surface area (Å²) >= 11 is 19.4. The number of carbonyl (C=O) groups excluding carboxylic acids is 1. The molecule has 1 aromatic heterocycles. The van der Waals surface area contributed by atoms with Gasteiger partial charge in [-0.05, 0) is 18.2 Å². The lowest BCUT2D eigenvalue weighted by atomic mass is 10.3. The lowest BCUT2D eigenvalue weighted by Gasteiger charge is -2.07. The fourth-order valence-electron chi connectivity index (χ4n) is 1.31. The number of amides is 1. The van der Waals surface area contributed by atoms with Crippen molar-refractivity contribution in [3.63, 3.8) is 0 Å². The Bertz CT molecular complexity index is 629. The molecular formula is C12H7Cl3N2OS. The van der Waals surface area contributed by atoms with Gasteiger partial charge in [0.25, 0.3) is 0 Å². The van der Waals surface area contributed by atoms with E-state index in [2.05, 4.69) is 4.98 Å². The van der Waals surface area contributed by atoms with Crippen LogP contribution in [-0.2, 0) is 0 Å². The highest BCUT2D eigenvalue weighted by atomic mass is 35.5. The molecule has 0 aliphatic rings. The zero-order valence-corrected chi connectivity index (χ0v) is 12.4. The smallest absolute Gasteiger partial charge is 0.250 e. The first-order valence-electron chi connectivity index (χ1n) is 5.06. The average Bonchev–Trinajstić information content (AvgIpc) is 2.35. The van der Waals surface area contributed by atoms with Gasteiger partial charge >= 0.3 is 0 Å². The van der Waals surface area contributed by atoms with Crippen LogP contribution < -0.4 is 5.73 Å². The van der Waals surface area contributed by atoms with Crippen LogP contribution in [0.4, 0.5) is 0 Å². The van der Waals surface area contributed by atoms with Gasteiger partial charge in [-0.1, -0.05) is 52.6 Å². The second-order valence-electron chi connectivity index (χ2n) is 3.53. The van der Waals surface area contributed by atoms with Crippen molar-refractivity contribution in [1.29, 1.82) is 0 Å². The van der Waals surface area contributed by atoms with Crippen LogP contribution in [0.5, 0.6) is 0 Å². The minimum Gasteiger partial charge on any atom is -0.366 e. The van der Waals surface area contributed by atoms with Gasteiger partial charge in [0.2, 0.25) is 5.91 Å². The van der Waals surface area contributed by atoms with Gasteiger partial charge in [-0.25, -0.2) is 4.98 Å². The molecule has 7 heteroatoms. The van der Waals surface area contributed by atoms with Crippen LogP contribution in [0.15, 0.2) is 40.4 Å². The Morgan fingerprint density at radius 2 is 1.79 bits per heavy atom. The molecule has 0 aliphatic carbocycles. The SMILES string of the molecule is NC(=O)c1cnc(Sc2c(Cl)cccc2Cl)c(Cl)c1. The molecule has 0 bridgehead atoms. The van der Waals surface area contributed by atoms with E-state index in [9.17, 15) is 4.79 Å². The van der Waals surface area contributed by atoms with E-state index >= 15 is 0 Å². The van der Waals surface area contributed by atoms with Crippen LogP contribution >= 0.6 is 46.6 Å². The molecule has 3 nitrogen and oxygen atoms in total. The highest BCUT2D eigenvalue weighted by Crippen LogP contribution is 2.40. The number of aromatic nitrogens is 1. The molecule has 98 valence electrons. The number of hydrogen-bond acceptors (Lipinski definition) is 3. The molecule has 0 saturated carbocycles. The van der Waals surface area contributed by atoms with E-state index < -0.39 is 5.91 Å². The third-order valence-corrected chi connectivity index (χ3v) is 4.63. The summed E-state index contributed by atoms with van der Waals surface area (Å²) in [6.07, 6.45) is 1.36. The van der Waals surface area contributed by atoms with E-state index in [1.807, 2.05) is 0 Å². The summed E-state index contributed by atoms with van der Waals surface area (Å²) in [5.74, 6) is -0.582. The maximum absolute atomic E-state index is 11.0. The first-order chi connectivity index (χ1) is 8.99. The summed E-state index contributed by atoms with van der Waals surface area (Å²) in [4.78, 5) is 15.8. The number of nitrogens with zero attached hydrogens (tertiary/aromatic N) is 1. The Balaban J connectivity index is 2.36. The van der Waals surface area contributed by atoms with Crippen molar-refractivity contribution in [3.8, 4) is 0 Å². The Labute approximate surface area is 129 Å². The minimum absolute atomic E-state index is 0.250. The van der Waals surface area contributed by atoms with Gasteiger partial charge in [-0.15, -0.1) is 0 Å². The molecule has 0 unspecified atom stereocenters. The standard InChI is InChI=1S/C12H7Cl3N2OS/c13-7-2-1-3-8(14)10(7)19-12-9(15)4-6(5-17-12)11(16)18/h1-5H,(H2,16,18). The second kappa shape index (κ2) is 6.01. The third-order valence-electron chi connectivity index (χ3n) is 2.21. The molecule has 0 atom stereocenters. The Morgan fingerprint density at radius 3 is 2.32 bits per heavy atom. The lowest BCUT2D eigenvalue weighted by molar-refractivity contribution is 0.1000. The van der Waals surface area contributed by atoms with E-state index in [0.717, 1.165) is 0 Å². The number of pyridine rings is 1. The van der Waals surface area contributed by atoms with Crippen LogP contribution in [0.25, 0.3) is 0 Å². The lowest BCUT2D eigenvalue weighted by Crippen LogP contribution is -2.11. The summed E-state index contributed by atoms with van der Waals surface area (Å²) in [5, 5.41) is 1.84. The summed E-state index contributed by atoms with van der Waals surface area (Å²) < 4.78 is 0. The normalized spacial score (nSPS) is 10.5. The van der Waals surface area contributed by atoms with Crippen LogP contribution in [0, 0.1) is 0 Å². The van der Waals surface area contributed by atoms with Gasteiger partial charge in [0, 0.05) is 6.20 Å². The molecular weight excluding hydrogens is 327 g/mol.